The molecule has 9 heteroatoms. The van der Waals surface area contributed by atoms with Crippen LogP contribution in [0.1, 0.15) is 28.2 Å². The second-order valence-electron chi connectivity index (χ2n) is 6.37. The van der Waals surface area contributed by atoms with E-state index in [1.54, 1.807) is 11.9 Å². The van der Waals surface area contributed by atoms with E-state index in [0.29, 0.717) is 0 Å². The molecule has 1 unspecified atom stereocenters. The number of nitrogens with zero attached hydrogens (tertiary/aromatic N) is 1. The number of benzene rings is 2. The molecule has 0 spiro atoms. The van der Waals surface area contributed by atoms with E-state index in [1.165, 1.54) is 41.7 Å². The van der Waals surface area contributed by atoms with E-state index >= 15 is 0 Å². The molecule has 1 aromatic heterocycles. The first kappa shape index (κ1) is 21.3. The van der Waals surface area contributed by atoms with Crippen molar-refractivity contribution in [2.75, 3.05) is 11.8 Å². The van der Waals surface area contributed by atoms with Gasteiger partial charge in [-0.25, -0.2) is 12.8 Å². The van der Waals surface area contributed by atoms with Gasteiger partial charge in [0, 0.05) is 23.2 Å². The highest BCUT2D eigenvalue weighted by molar-refractivity contribution is 7.92. The van der Waals surface area contributed by atoms with Crippen LogP contribution in [0.15, 0.2) is 64.9 Å². The van der Waals surface area contributed by atoms with Gasteiger partial charge in [0.2, 0.25) is 0 Å². The zero-order chi connectivity index (χ0) is 21.2. The summed E-state index contributed by atoms with van der Waals surface area (Å²) in [5.74, 6) is -0.817. The van der Waals surface area contributed by atoms with Gasteiger partial charge in [-0.3, -0.25) is 9.52 Å². The Labute approximate surface area is 177 Å². The normalized spacial score (nSPS) is 12.4. The molecule has 0 bridgehead atoms. The molecule has 1 heterocycles. The second kappa shape index (κ2) is 8.52. The summed E-state index contributed by atoms with van der Waals surface area (Å²) >= 11 is 7.63. The van der Waals surface area contributed by atoms with Crippen molar-refractivity contribution in [1.82, 2.24) is 4.90 Å². The Morgan fingerprint density at radius 2 is 1.86 bits per heavy atom. The molecule has 2 aromatic carbocycles. The van der Waals surface area contributed by atoms with E-state index in [9.17, 15) is 17.6 Å². The maximum Gasteiger partial charge on any atom is 0.263 e. The van der Waals surface area contributed by atoms with Gasteiger partial charge in [0.25, 0.3) is 15.9 Å². The summed E-state index contributed by atoms with van der Waals surface area (Å²) < 4.78 is 40.9. The minimum absolute atomic E-state index is 0.0230. The van der Waals surface area contributed by atoms with E-state index in [-0.39, 0.29) is 33.1 Å². The van der Waals surface area contributed by atoms with Crippen LogP contribution in [0.5, 0.6) is 0 Å². The SMILES string of the molecule is CC(c1cccs1)N(C)C(=O)c1ccc(Cl)c(S(=O)(=O)Nc2ccc(F)cc2)c1. The summed E-state index contributed by atoms with van der Waals surface area (Å²) in [6.45, 7) is 1.90. The van der Waals surface area contributed by atoms with Crippen molar-refractivity contribution in [2.45, 2.75) is 17.9 Å². The Hall–Kier alpha value is -2.42. The minimum atomic E-state index is -4.08. The van der Waals surface area contributed by atoms with Crippen molar-refractivity contribution >= 4 is 44.6 Å². The largest absolute Gasteiger partial charge is 0.334 e. The highest BCUT2D eigenvalue weighted by Crippen LogP contribution is 2.28. The van der Waals surface area contributed by atoms with Crippen molar-refractivity contribution in [1.29, 1.82) is 0 Å². The Bertz CT molecular complexity index is 1120. The molecule has 0 saturated heterocycles. The Kier molecular flexibility index (Phi) is 6.26. The zero-order valence-corrected chi connectivity index (χ0v) is 18.0. The van der Waals surface area contributed by atoms with Crippen LogP contribution in [0.2, 0.25) is 5.02 Å². The number of hydrogen-bond donors (Lipinski definition) is 1. The van der Waals surface area contributed by atoms with Crippen molar-refractivity contribution in [3.8, 4) is 0 Å². The lowest BCUT2D eigenvalue weighted by Gasteiger charge is -2.24. The minimum Gasteiger partial charge on any atom is -0.334 e. The first-order valence-electron chi connectivity index (χ1n) is 8.57. The van der Waals surface area contributed by atoms with E-state index in [0.717, 1.165) is 17.0 Å². The molecular weight excluding hydrogens is 435 g/mol. The van der Waals surface area contributed by atoms with Crippen LogP contribution in [0.3, 0.4) is 0 Å². The fraction of sp³-hybridized carbons (Fsp3) is 0.150. The molecule has 1 N–H and O–H groups in total. The van der Waals surface area contributed by atoms with Gasteiger partial charge < -0.3 is 4.90 Å². The number of thiophene rings is 1. The van der Waals surface area contributed by atoms with Gasteiger partial charge in [-0.1, -0.05) is 17.7 Å². The summed E-state index contributed by atoms with van der Waals surface area (Å²) in [5, 5.41) is 1.91. The van der Waals surface area contributed by atoms with Gasteiger partial charge in [-0.2, -0.15) is 0 Å². The third-order valence-corrected chi connectivity index (χ3v) is 7.33. The maximum atomic E-state index is 13.1. The summed E-state index contributed by atoms with van der Waals surface area (Å²) in [4.78, 5) is 15.2. The maximum absolute atomic E-state index is 13.1. The summed E-state index contributed by atoms with van der Waals surface area (Å²) in [6, 6.07) is 12.6. The number of amides is 1. The fourth-order valence-electron chi connectivity index (χ4n) is 2.67. The first-order chi connectivity index (χ1) is 13.7. The fourth-order valence-corrected chi connectivity index (χ4v) is 5.08. The van der Waals surface area contributed by atoms with E-state index in [1.807, 2.05) is 24.4 Å². The molecule has 29 heavy (non-hydrogen) atoms. The molecule has 0 aliphatic rings. The molecule has 0 saturated carbocycles. The summed E-state index contributed by atoms with van der Waals surface area (Å²) in [5.41, 5.74) is 0.377. The third kappa shape index (κ3) is 4.77. The topological polar surface area (TPSA) is 66.5 Å². The number of hydrogen-bond acceptors (Lipinski definition) is 4. The number of halogens is 2. The van der Waals surface area contributed by atoms with Gasteiger partial charge in [-0.15, -0.1) is 11.3 Å². The highest BCUT2D eigenvalue weighted by atomic mass is 35.5. The molecule has 0 fully saturated rings. The molecule has 1 atom stereocenters. The van der Waals surface area contributed by atoms with Crippen LogP contribution in [0.25, 0.3) is 0 Å². The molecule has 152 valence electrons. The van der Waals surface area contributed by atoms with Crippen LogP contribution >= 0.6 is 22.9 Å². The Morgan fingerprint density at radius 1 is 1.17 bits per heavy atom. The van der Waals surface area contributed by atoms with Crippen molar-refractivity contribution in [2.24, 2.45) is 0 Å². The van der Waals surface area contributed by atoms with Crippen LogP contribution in [0, 0.1) is 5.82 Å². The van der Waals surface area contributed by atoms with Crippen molar-refractivity contribution < 1.29 is 17.6 Å². The predicted molar refractivity (Wildman–Crippen MR) is 113 cm³/mol. The van der Waals surface area contributed by atoms with Gasteiger partial charge >= 0.3 is 0 Å². The van der Waals surface area contributed by atoms with E-state index in [2.05, 4.69) is 4.72 Å². The molecule has 3 rings (SSSR count). The molecular formula is C20H18ClFN2O3S2. The second-order valence-corrected chi connectivity index (χ2v) is 9.40. The lowest BCUT2D eigenvalue weighted by atomic mass is 10.1. The average Bonchev–Trinajstić information content (AvgIpc) is 3.23. The number of nitrogens with one attached hydrogen (secondary N) is 1. The Balaban J connectivity index is 1.89. The number of carbonyl (C=O) groups is 1. The number of carbonyl (C=O) groups excluding carboxylic acids is 1. The van der Waals surface area contributed by atoms with Crippen LogP contribution in [0.4, 0.5) is 10.1 Å². The molecule has 5 nitrogen and oxygen atoms in total. The monoisotopic (exact) mass is 452 g/mol. The van der Waals surface area contributed by atoms with Gasteiger partial charge in [0.15, 0.2) is 0 Å². The summed E-state index contributed by atoms with van der Waals surface area (Å²) in [7, 11) is -2.42. The molecule has 0 radical (unpaired) electrons. The van der Waals surface area contributed by atoms with Crippen LogP contribution < -0.4 is 4.72 Å². The van der Waals surface area contributed by atoms with Gasteiger partial charge in [0.05, 0.1) is 11.1 Å². The average molecular weight is 453 g/mol. The van der Waals surface area contributed by atoms with Crippen molar-refractivity contribution in [3.63, 3.8) is 0 Å². The molecule has 3 aromatic rings. The molecule has 0 aliphatic heterocycles. The van der Waals surface area contributed by atoms with Gasteiger partial charge in [-0.05, 0) is 60.8 Å². The van der Waals surface area contributed by atoms with Crippen molar-refractivity contribution in [3.05, 3.63) is 81.3 Å². The lowest BCUT2D eigenvalue weighted by molar-refractivity contribution is 0.0744. The van der Waals surface area contributed by atoms with Gasteiger partial charge in [0.1, 0.15) is 10.7 Å². The van der Waals surface area contributed by atoms with Crippen LogP contribution in [-0.4, -0.2) is 26.3 Å². The molecule has 0 aliphatic carbocycles. The van der Waals surface area contributed by atoms with E-state index < -0.39 is 15.8 Å². The number of sulfonamides is 1. The van der Waals surface area contributed by atoms with Crippen LogP contribution in [-0.2, 0) is 10.0 Å². The van der Waals surface area contributed by atoms with E-state index in [4.69, 9.17) is 11.6 Å². The number of rotatable bonds is 6. The standard InChI is InChI=1S/C20H18ClFN2O3S2/c1-13(18-4-3-11-28-18)24(2)20(25)14-5-10-17(21)19(12-14)29(26,27)23-16-8-6-15(22)7-9-16/h3-13,23H,1-2H3. The third-order valence-electron chi connectivity index (χ3n) is 4.42. The highest BCUT2D eigenvalue weighted by Gasteiger charge is 2.24. The molecule has 1 amide bonds. The first-order valence-corrected chi connectivity index (χ1v) is 11.3. The summed E-state index contributed by atoms with van der Waals surface area (Å²) in [6.07, 6.45) is 0. The Morgan fingerprint density at radius 3 is 2.48 bits per heavy atom. The smallest absolute Gasteiger partial charge is 0.263 e. The quantitative estimate of drug-likeness (QED) is 0.560. The zero-order valence-electron chi connectivity index (χ0n) is 15.6. The lowest BCUT2D eigenvalue weighted by Crippen LogP contribution is -2.29. The predicted octanol–water partition coefficient (Wildman–Crippen LogP) is 5.17. The number of anilines is 1.